The molecule has 0 bridgehead atoms. The molecule has 17 heavy (non-hydrogen) atoms. The summed E-state index contributed by atoms with van der Waals surface area (Å²) in [4.78, 5) is 6.35. The molecule has 6 heteroatoms. The van der Waals surface area contributed by atoms with E-state index in [1.807, 2.05) is 12.1 Å². The Morgan fingerprint density at radius 2 is 2.41 bits per heavy atom. The van der Waals surface area contributed by atoms with Crippen LogP contribution in [0.5, 0.6) is 0 Å². The molecule has 5 nitrogen and oxygen atoms in total. The molecule has 1 atom stereocenters. The molecule has 1 fully saturated rings. The monoisotopic (exact) mass is 254 g/mol. The second kappa shape index (κ2) is 6.40. The zero-order valence-corrected chi connectivity index (χ0v) is 10.2. The molecule has 1 saturated heterocycles. The number of halogens is 1. The number of hydrogen-bond donors (Lipinski definition) is 2. The summed E-state index contributed by atoms with van der Waals surface area (Å²) in [6, 6.07) is 5.75. The molecule has 0 radical (unpaired) electrons. The molecule has 2 rings (SSSR count). The van der Waals surface area contributed by atoms with Crippen LogP contribution >= 0.6 is 12.4 Å². The van der Waals surface area contributed by atoms with E-state index < -0.39 is 0 Å². The predicted molar refractivity (Wildman–Crippen MR) is 67.3 cm³/mol. The Morgan fingerprint density at radius 1 is 1.59 bits per heavy atom. The maximum atomic E-state index is 9.09. The summed E-state index contributed by atoms with van der Waals surface area (Å²) < 4.78 is 0. The van der Waals surface area contributed by atoms with E-state index >= 15 is 0 Å². The molecule has 2 N–H and O–H groups in total. The molecule has 2 heterocycles. The fraction of sp³-hybridized carbons (Fsp3) is 0.455. The van der Waals surface area contributed by atoms with Crippen molar-refractivity contribution in [2.24, 2.45) is 0 Å². The maximum Gasteiger partial charge on any atom is 0.128 e. The van der Waals surface area contributed by atoms with Gasteiger partial charge in [0.1, 0.15) is 11.9 Å². The third-order valence-electron chi connectivity index (χ3n) is 2.68. The lowest BCUT2D eigenvalue weighted by Crippen LogP contribution is -2.52. The van der Waals surface area contributed by atoms with Crippen LogP contribution < -0.4 is 10.2 Å². The normalized spacial score (nSPS) is 19.3. The fourth-order valence-corrected chi connectivity index (χ4v) is 1.80. The van der Waals surface area contributed by atoms with Gasteiger partial charge >= 0.3 is 0 Å². The van der Waals surface area contributed by atoms with Crippen molar-refractivity contribution in [1.82, 2.24) is 10.3 Å². The Balaban J connectivity index is 0.00000144. The van der Waals surface area contributed by atoms with Crippen LogP contribution in [0.1, 0.15) is 5.56 Å². The molecule has 0 amide bonds. The molecule has 1 aromatic heterocycles. The van der Waals surface area contributed by atoms with Gasteiger partial charge in [0.15, 0.2) is 0 Å². The molecule has 1 aliphatic rings. The van der Waals surface area contributed by atoms with Gasteiger partial charge in [0, 0.05) is 31.9 Å². The van der Waals surface area contributed by atoms with Crippen LogP contribution in [0.25, 0.3) is 0 Å². The number of anilines is 1. The van der Waals surface area contributed by atoms with Gasteiger partial charge in [-0.1, -0.05) is 0 Å². The molecular weight excluding hydrogens is 240 g/mol. The Kier molecular flexibility index (Phi) is 5.16. The van der Waals surface area contributed by atoms with Crippen molar-refractivity contribution in [2.45, 2.75) is 6.04 Å². The largest absolute Gasteiger partial charge is 0.395 e. The summed E-state index contributed by atoms with van der Waals surface area (Å²) in [5.41, 5.74) is 0.567. The van der Waals surface area contributed by atoms with Crippen LogP contribution in [-0.2, 0) is 0 Å². The molecule has 1 aliphatic heterocycles. The van der Waals surface area contributed by atoms with Crippen molar-refractivity contribution in [3.63, 3.8) is 0 Å². The summed E-state index contributed by atoms with van der Waals surface area (Å²) in [5, 5.41) is 21.0. The third kappa shape index (κ3) is 3.30. The van der Waals surface area contributed by atoms with E-state index in [0.29, 0.717) is 5.56 Å². The van der Waals surface area contributed by atoms with Gasteiger partial charge < -0.3 is 15.3 Å². The number of pyridine rings is 1. The average Bonchev–Trinajstić information content (AvgIpc) is 2.39. The summed E-state index contributed by atoms with van der Waals surface area (Å²) >= 11 is 0. The fourth-order valence-electron chi connectivity index (χ4n) is 1.80. The first-order chi connectivity index (χ1) is 7.83. The van der Waals surface area contributed by atoms with Gasteiger partial charge in [-0.25, -0.2) is 4.98 Å². The number of nitrogens with zero attached hydrogens (tertiary/aromatic N) is 3. The first-order valence-corrected chi connectivity index (χ1v) is 5.29. The topological polar surface area (TPSA) is 72.2 Å². The Morgan fingerprint density at radius 3 is 3.00 bits per heavy atom. The SMILES string of the molecule is Cl.N#Cc1ccc(N2CCNC(CO)C2)nc1. The lowest BCUT2D eigenvalue weighted by molar-refractivity contribution is 0.235. The summed E-state index contributed by atoms with van der Waals surface area (Å²) in [5.74, 6) is 0.860. The van der Waals surface area contributed by atoms with Crippen LogP contribution in [-0.4, -0.2) is 42.4 Å². The minimum Gasteiger partial charge on any atom is -0.395 e. The van der Waals surface area contributed by atoms with Crippen molar-refractivity contribution in [3.05, 3.63) is 23.9 Å². The van der Waals surface area contributed by atoms with E-state index in [1.54, 1.807) is 12.3 Å². The van der Waals surface area contributed by atoms with Gasteiger partial charge in [-0.3, -0.25) is 0 Å². The number of hydrogen-bond acceptors (Lipinski definition) is 5. The first kappa shape index (κ1) is 13.7. The lowest BCUT2D eigenvalue weighted by atomic mass is 10.2. The van der Waals surface area contributed by atoms with Crippen LogP contribution in [0.4, 0.5) is 5.82 Å². The highest BCUT2D eigenvalue weighted by Gasteiger charge is 2.19. The first-order valence-electron chi connectivity index (χ1n) is 5.29. The standard InChI is InChI=1S/C11H14N4O.ClH/c12-5-9-1-2-11(14-6-9)15-4-3-13-10(7-15)8-16;/h1-2,6,10,13,16H,3-4,7-8H2;1H. The molecule has 1 aromatic rings. The zero-order valence-electron chi connectivity index (χ0n) is 9.33. The quantitative estimate of drug-likeness (QED) is 0.786. The highest BCUT2D eigenvalue weighted by atomic mass is 35.5. The van der Waals surface area contributed by atoms with E-state index in [-0.39, 0.29) is 25.1 Å². The Bertz CT molecular complexity index is 389. The van der Waals surface area contributed by atoms with Gasteiger partial charge in [-0.15, -0.1) is 12.4 Å². The predicted octanol–water partition coefficient (Wildman–Crippen LogP) is 0.146. The molecule has 0 aliphatic carbocycles. The van der Waals surface area contributed by atoms with Gasteiger partial charge in [-0.05, 0) is 12.1 Å². The highest BCUT2D eigenvalue weighted by molar-refractivity contribution is 5.85. The second-order valence-electron chi connectivity index (χ2n) is 3.80. The van der Waals surface area contributed by atoms with Crippen molar-refractivity contribution in [1.29, 1.82) is 5.26 Å². The number of piperazine rings is 1. The highest BCUT2D eigenvalue weighted by Crippen LogP contribution is 2.13. The Hall–Kier alpha value is -1.35. The van der Waals surface area contributed by atoms with E-state index in [1.165, 1.54) is 0 Å². The molecular formula is C11H15ClN4O. The summed E-state index contributed by atoms with van der Waals surface area (Å²) in [6.07, 6.45) is 1.57. The van der Waals surface area contributed by atoms with Crippen LogP contribution in [0.3, 0.4) is 0 Å². The van der Waals surface area contributed by atoms with Gasteiger partial charge in [0.05, 0.1) is 12.2 Å². The smallest absolute Gasteiger partial charge is 0.128 e. The van der Waals surface area contributed by atoms with Gasteiger partial charge in [0.25, 0.3) is 0 Å². The van der Waals surface area contributed by atoms with Crippen molar-refractivity contribution >= 4 is 18.2 Å². The minimum atomic E-state index is 0. The van der Waals surface area contributed by atoms with Crippen molar-refractivity contribution < 1.29 is 5.11 Å². The van der Waals surface area contributed by atoms with Crippen LogP contribution in [0.15, 0.2) is 18.3 Å². The lowest BCUT2D eigenvalue weighted by Gasteiger charge is -2.33. The molecule has 0 aromatic carbocycles. The van der Waals surface area contributed by atoms with Crippen molar-refractivity contribution in [2.75, 3.05) is 31.1 Å². The van der Waals surface area contributed by atoms with Gasteiger partial charge in [-0.2, -0.15) is 5.26 Å². The van der Waals surface area contributed by atoms with Crippen LogP contribution in [0.2, 0.25) is 0 Å². The number of aromatic nitrogens is 1. The van der Waals surface area contributed by atoms with E-state index in [9.17, 15) is 0 Å². The number of aliphatic hydroxyl groups excluding tert-OH is 1. The number of aliphatic hydroxyl groups is 1. The molecule has 1 unspecified atom stereocenters. The van der Waals surface area contributed by atoms with Gasteiger partial charge in [0.2, 0.25) is 0 Å². The summed E-state index contributed by atoms with van der Waals surface area (Å²) in [6.45, 7) is 2.59. The zero-order chi connectivity index (χ0) is 11.4. The molecule has 0 saturated carbocycles. The van der Waals surface area contributed by atoms with Crippen molar-refractivity contribution in [3.8, 4) is 6.07 Å². The van der Waals surface area contributed by atoms with E-state index in [2.05, 4.69) is 15.2 Å². The van der Waals surface area contributed by atoms with E-state index in [4.69, 9.17) is 10.4 Å². The average molecular weight is 255 g/mol. The number of rotatable bonds is 2. The maximum absolute atomic E-state index is 9.09. The van der Waals surface area contributed by atoms with Crippen LogP contribution in [0, 0.1) is 11.3 Å². The summed E-state index contributed by atoms with van der Waals surface area (Å²) in [7, 11) is 0. The Labute approximate surface area is 106 Å². The molecule has 92 valence electrons. The third-order valence-corrected chi connectivity index (χ3v) is 2.68. The van der Waals surface area contributed by atoms with E-state index in [0.717, 1.165) is 25.5 Å². The second-order valence-corrected chi connectivity index (χ2v) is 3.80. The number of nitriles is 1. The molecule has 0 spiro atoms. The minimum absolute atomic E-state index is 0. The number of nitrogens with one attached hydrogen (secondary N) is 1.